The highest BCUT2D eigenvalue weighted by atomic mass is 16.7. The van der Waals surface area contributed by atoms with E-state index in [1.54, 1.807) is 0 Å². The highest BCUT2D eigenvalue weighted by Gasteiger charge is 2.44. The fourth-order valence-corrected chi connectivity index (χ4v) is 2.71. The minimum absolute atomic E-state index is 0.0774. The van der Waals surface area contributed by atoms with Gasteiger partial charge in [0.25, 0.3) is 0 Å². The van der Waals surface area contributed by atoms with Gasteiger partial charge in [-0.1, -0.05) is 12.6 Å². The van der Waals surface area contributed by atoms with Crippen LogP contribution in [-0.4, -0.2) is 98.3 Å². The first kappa shape index (κ1) is 24.8. The Hall–Kier alpha value is -2.51. The standard InChI is InChI=1S/C20H26O11/c1-10(7-21)15(9-29-20-19(28)18(27)17(26)14(8-22)31-20)30-16(25)5-3-11-2-4-12(23)13(24)6-11/h2-6,14-15,17-24,26-28H,1,7-9H2/t14-,15-,17-,18+,19-,20-/m1/s1. The number of esters is 1. The van der Waals surface area contributed by atoms with Crippen molar-refractivity contribution in [3.05, 3.63) is 42.0 Å². The first-order valence-electron chi connectivity index (χ1n) is 9.29. The fraction of sp³-hybridized carbons (Fsp3) is 0.450. The van der Waals surface area contributed by atoms with E-state index < -0.39 is 62.6 Å². The van der Waals surface area contributed by atoms with Crippen molar-refractivity contribution in [2.24, 2.45) is 0 Å². The molecule has 0 radical (unpaired) electrons. The Labute approximate surface area is 177 Å². The molecule has 11 heteroatoms. The normalized spacial score (nSPS) is 27.2. The SMILES string of the molecule is C=C(CO)[C@@H](CO[C@@H]1O[C@H](CO)[C@@H](O)[C@H](O)[C@H]1O)OC(=O)C=Cc1ccc(O)c(O)c1. The number of hydrogen-bond donors (Lipinski definition) is 7. The van der Waals surface area contributed by atoms with Crippen molar-refractivity contribution in [2.45, 2.75) is 36.8 Å². The summed E-state index contributed by atoms with van der Waals surface area (Å²) in [5, 5.41) is 66.9. The van der Waals surface area contributed by atoms with E-state index in [0.717, 1.165) is 6.08 Å². The molecule has 0 unspecified atom stereocenters. The van der Waals surface area contributed by atoms with Gasteiger partial charge in [0.2, 0.25) is 0 Å². The Kier molecular flexibility index (Phi) is 8.95. The van der Waals surface area contributed by atoms with Crippen molar-refractivity contribution < 1.29 is 54.8 Å². The number of aromatic hydroxyl groups is 2. The molecule has 11 nitrogen and oxygen atoms in total. The van der Waals surface area contributed by atoms with Crippen LogP contribution in [0.5, 0.6) is 11.5 Å². The minimum atomic E-state index is -1.64. The molecule has 1 aliphatic rings. The van der Waals surface area contributed by atoms with Gasteiger partial charge in [-0.15, -0.1) is 0 Å². The summed E-state index contributed by atoms with van der Waals surface area (Å²) in [7, 11) is 0. The van der Waals surface area contributed by atoms with Crippen LogP contribution in [0.4, 0.5) is 0 Å². The molecule has 7 N–H and O–H groups in total. The fourth-order valence-electron chi connectivity index (χ4n) is 2.71. The topological polar surface area (TPSA) is 186 Å². The van der Waals surface area contributed by atoms with Gasteiger partial charge in [-0.05, 0) is 29.3 Å². The lowest BCUT2D eigenvalue weighted by Crippen LogP contribution is -2.59. The summed E-state index contributed by atoms with van der Waals surface area (Å²) < 4.78 is 15.7. The average molecular weight is 442 g/mol. The number of aliphatic hydroxyl groups is 5. The molecular formula is C20H26O11. The molecular weight excluding hydrogens is 416 g/mol. The first-order valence-corrected chi connectivity index (χ1v) is 9.29. The zero-order valence-electron chi connectivity index (χ0n) is 16.4. The maximum atomic E-state index is 12.1. The van der Waals surface area contributed by atoms with E-state index in [4.69, 9.17) is 14.2 Å². The van der Waals surface area contributed by atoms with Crippen molar-refractivity contribution >= 4 is 12.0 Å². The Morgan fingerprint density at radius 2 is 1.84 bits per heavy atom. The number of carbonyl (C=O) groups is 1. The van der Waals surface area contributed by atoms with Crippen LogP contribution >= 0.6 is 0 Å². The molecule has 6 atom stereocenters. The summed E-state index contributed by atoms with van der Waals surface area (Å²) in [6.07, 6.45) is -6.24. The summed E-state index contributed by atoms with van der Waals surface area (Å²) in [5.74, 6) is -1.52. The van der Waals surface area contributed by atoms with Crippen molar-refractivity contribution in [3.8, 4) is 11.5 Å². The van der Waals surface area contributed by atoms with Gasteiger partial charge in [-0.25, -0.2) is 4.79 Å². The summed E-state index contributed by atoms with van der Waals surface area (Å²) in [5.41, 5.74) is 0.482. The van der Waals surface area contributed by atoms with Crippen LogP contribution < -0.4 is 0 Å². The highest BCUT2D eigenvalue weighted by molar-refractivity contribution is 5.87. The van der Waals surface area contributed by atoms with Crippen molar-refractivity contribution in [3.63, 3.8) is 0 Å². The van der Waals surface area contributed by atoms with Gasteiger partial charge in [0, 0.05) is 6.08 Å². The Morgan fingerprint density at radius 1 is 1.13 bits per heavy atom. The molecule has 0 bridgehead atoms. The molecule has 0 aromatic heterocycles. The maximum Gasteiger partial charge on any atom is 0.331 e. The molecule has 1 aromatic carbocycles. The highest BCUT2D eigenvalue weighted by Crippen LogP contribution is 2.25. The Morgan fingerprint density at radius 3 is 2.45 bits per heavy atom. The summed E-state index contributed by atoms with van der Waals surface area (Å²) >= 11 is 0. The Balaban J connectivity index is 2.00. The van der Waals surface area contributed by atoms with Crippen LogP contribution in [-0.2, 0) is 19.0 Å². The van der Waals surface area contributed by atoms with Gasteiger partial charge in [0.05, 0.1) is 19.8 Å². The molecule has 1 aromatic rings. The van der Waals surface area contributed by atoms with Crippen molar-refractivity contribution in [1.82, 2.24) is 0 Å². The second kappa shape index (κ2) is 11.2. The number of rotatable bonds is 9. The molecule has 1 saturated heterocycles. The van der Waals surface area contributed by atoms with E-state index in [-0.39, 0.29) is 17.1 Å². The zero-order chi connectivity index (χ0) is 23.1. The Bertz CT molecular complexity index is 791. The van der Waals surface area contributed by atoms with Crippen LogP contribution in [0.25, 0.3) is 6.08 Å². The van der Waals surface area contributed by atoms with Crippen LogP contribution in [0.2, 0.25) is 0 Å². The molecule has 2 rings (SSSR count). The first-order chi connectivity index (χ1) is 14.7. The van der Waals surface area contributed by atoms with Gasteiger partial charge in [0.15, 0.2) is 17.8 Å². The van der Waals surface area contributed by atoms with Crippen molar-refractivity contribution in [2.75, 3.05) is 19.8 Å². The smallest absolute Gasteiger partial charge is 0.331 e. The van der Waals surface area contributed by atoms with E-state index in [1.807, 2.05) is 0 Å². The number of hydrogen-bond acceptors (Lipinski definition) is 11. The van der Waals surface area contributed by atoms with Gasteiger partial charge >= 0.3 is 5.97 Å². The van der Waals surface area contributed by atoms with E-state index >= 15 is 0 Å². The van der Waals surface area contributed by atoms with Crippen LogP contribution in [0.1, 0.15) is 5.56 Å². The van der Waals surface area contributed by atoms with Crippen LogP contribution in [0.15, 0.2) is 36.4 Å². The zero-order valence-corrected chi connectivity index (χ0v) is 16.4. The predicted octanol–water partition coefficient (Wildman–Crippen LogP) is -1.61. The largest absolute Gasteiger partial charge is 0.504 e. The lowest BCUT2D eigenvalue weighted by molar-refractivity contribution is -0.304. The maximum absolute atomic E-state index is 12.1. The second-order valence-electron chi connectivity index (χ2n) is 6.85. The number of benzene rings is 1. The van der Waals surface area contributed by atoms with E-state index in [0.29, 0.717) is 5.56 Å². The van der Waals surface area contributed by atoms with E-state index in [2.05, 4.69) is 6.58 Å². The van der Waals surface area contributed by atoms with E-state index in [9.17, 15) is 40.5 Å². The molecule has 0 aliphatic carbocycles. The number of phenols is 2. The third kappa shape index (κ3) is 6.48. The average Bonchev–Trinajstić information content (AvgIpc) is 2.76. The second-order valence-corrected chi connectivity index (χ2v) is 6.85. The molecule has 31 heavy (non-hydrogen) atoms. The van der Waals surface area contributed by atoms with Gasteiger partial charge in [0.1, 0.15) is 30.5 Å². The van der Waals surface area contributed by atoms with Crippen molar-refractivity contribution in [1.29, 1.82) is 0 Å². The molecule has 0 amide bonds. The van der Waals surface area contributed by atoms with Crippen LogP contribution in [0, 0.1) is 0 Å². The quantitative estimate of drug-likeness (QED) is 0.101. The summed E-state index contributed by atoms with van der Waals surface area (Å²) in [6, 6.07) is 3.92. The molecule has 1 heterocycles. The van der Waals surface area contributed by atoms with Crippen LogP contribution in [0.3, 0.4) is 0 Å². The van der Waals surface area contributed by atoms with E-state index in [1.165, 1.54) is 24.3 Å². The van der Waals surface area contributed by atoms with Gasteiger partial charge in [-0.2, -0.15) is 0 Å². The lowest BCUT2D eigenvalue weighted by atomic mass is 9.99. The number of carbonyl (C=O) groups excluding carboxylic acids is 1. The minimum Gasteiger partial charge on any atom is -0.504 e. The molecule has 0 saturated carbocycles. The molecule has 1 fully saturated rings. The molecule has 0 spiro atoms. The number of ether oxygens (including phenoxy) is 3. The predicted molar refractivity (Wildman–Crippen MR) is 105 cm³/mol. The lowest BCUT2D eigenvalue weighted by Gasteiger charge is -2.39. The number of phenolic OH excluding ortho intramolecular Hbond substituents is 2. The van der Waals surface area contributed by atoms with Gasteiger partial charge < -0.3 is 50.0 Å². The van der Waals surface area contributed by atoms with Gasteiger partial charge in [-0.3, -0.25) is 0 Å². The molecule has 1 aliphatic heterocycles. The monoisotopic (exact) mass is 442 g/mol. The number of aliphatic hydroxyl groups excluding tert-OH is 5. The third-order valence-electron chi connectivity index (χ3n) is 4.59. The molecule has 172 valence electrons. The summed E-state index contributed by atoms with van der Waals surface area (Å²) in [6.45, 7) is 2.00. The summed E-state index contributed by atoms with van der Waals surface area (Å²) in [4.78, 5) is 12.1. The third-order valence-corrected chi connectivity index (χ3v) is 4.59.